The van der Waals surface area contributed by atoms with Gasteiger partial charge in [-0.15, -0.1) is 6.42 Å². The molecule has 3 aliphatic rings. The summed E-state index contributed by atoms with van der Waals surface area (Å²) < 4.78 is 63.2. The Bertz CT molecular complexity index is 2730. The number of anilines is 6. The highest BCUT2D eigenvalue weighted by atomic mass is 32.2. The third-order valence-electron chi connectivity index (χ3n) is 12.9. The molecule has 7 rings (SSSR count). The fourth-order valence-corrected chi connectivity index (χ4v) is 9.24. The monoisotopic (exact) mass is 953 g/mol. The van der Waals surface area contributed by atoms with Crippen LogP contribution in [0.5, 0.6) is 0 Å². The number of imide groups is 1. The first-order valence-electron chi connectivity index (χ1n) is 23.0. The first kappa shape index (κ1) is 49.7. The average Bonchev–Trinajstić information content (AvgIpc) is 3.54. The molecule has 0 aliphatic carbocycles. The van der Waals surface area contributed by atoms with Gasteiger partial charge in [0, 0.05) is 53.9 Å². The Morgan fingerprint density at radius 1 is 0.897 bits per heavy atom. The van der Waals surface area contributed by atoms with E-state index in [2.05, 4.69) is 46.8 Å². The Morgan fingerprint density at radius 3 is 2.31 bits per heavy atom. The van der Waals surface area contributed by atoms with E-state index in [4.69, 9.17) is 11.2 Å². The number of carbonyl (C=O) groups excluding carboxylic acids is 3. The highest BCUT2D eigenvalue weighted by Crippen LogP contribution is 2.36. The zero-order chi connectivity index (χ0) is 49.2. The van der Waals surface area contributed by atoms with Crippen molar-refractivity contribution in [3.63, 3.8) is 0 Å². The average molecular weight is 954 g/mol. The second-order valence-corrected chi connectivity index (χ2v) is 22.1. The molecule has 3 amide bonds. The summed E-state index contributed by atoms with van der Waals surface area (Å²) in [5.74, 6) is 1.14. The zero-order valence-electron chi connectivity index (χ0n) is 39.7. The van der Waals surface area contributed by atoms with Crippen molar-refractivity contribution in [2.45, 2.75) is 115 Å². The molecule has 1 aromatic heterocycles. The molecule has 68 heavy (non-hydrogen) atoms. The van der Waals surface area contributed by atoms with Crippen molar-refractivity contribution in [2.24, 2.45) is 0 Å². The van der Waals surface area contributed by atoms with Gasteiger partial charge in [-0.25, -0.2) is 22.2 Å². The summed E-state index contributed by atoms with van der Waals surface area (Å²) in [5.41, 5.74) is 1.63. The topological polar surface area (TPSA) is 187 Å². The van der Waals surface area contributed by atoms with Gasteiger partial charge < -0.3 is 30.9 Å². The van der Waals surface area contributed by atoms with Crippen LogP contribution in [-0.4, -0.2) is 101 Å². The molecule has 2 unspecified atom stereocenters. The summed E-state index contributed by atoms with van der Waals surface area (Å²) in [6.45, 7) is 15.3. The van der Waals surface area contributed by atoms with Gasteiger partial charge in [0.15, 0.2) is 0 Å². The van der Waals surface area contributed by atoms with Crippen molar-refractivity contribution in [1.29, 1.82) is 0 Å². The van der Waals surface area contributed by atoms with Crippen LogP contribution in [0.4, 0.5) is 43.3 Å². The minimum atomic E-state index is -3.87. The number of fused-ring (bicyclic) bond motifs is 1. The number of hydrogen-bond donors (Lipinski definition) is 5. The van der Waals surface area contributed by atoms with E-state index in [9.17, 15) is 27.2 Å². The number of halogens is 2. The molecular weight excluding hydrogens is 893 g/mol. The molecule has 3 aliphatic heterocycles. The van der Waals surface area contributed by atoms with Gasteiger partial charge in [-0.2, -0.15) is 4.98 Å². The van der Waals surface area contributed by atoms with Crippen molar-refractivity contribution in [3.8, 4) is 12.3 Å². The van der Waals surface area contributed by atoms with Crippen molar-refractivity contribution in [3.05, 3.63) is 94.7 Å². The lowest BCUT2D eigenvalue weighted by molar-refractivity contribution is -0.126. The van der Waals surface area contributed by atoms with Crippen molar-refractivity contribution in [1.82, 2.24) is 25.1 Å². The number of likely N-dealkylation sites (tertiary alicyclic amines) is 1. The molecule has 2 fully saturated rings. The zero-order valence-corrected chi connectivity index (χ0v) is 40.5. The number of aryl methyl sites for hydroxylation is 1. The van der Waals surface area contributed by atoms with E-state index in [1.54, 1.807) is 43.5 Å². The highest BCUT2D eigenvalue weighted by Gasteiger charge is 2.45. The molecule has 18 heteroatoms. The molecule has 0 radical (unpaired) electrons. The summed E-state index contributed by atoms with van der Waals surface area (Å²) in [4.78, 5) is 51.8. The third-order valence-corrected chi connectivity index (χ3v) is 15.0. The molecule has 3 aromatic carbocycles. The molecule has 5 N–H and O–H groups in total. The number of rotatable bonds is 17. The van der Waals surface area contributed by atoms with E-state index in [0.29, 0.717) is 79.4 Å². The van der Waals surface area contributed by atoms with Crippen LogP contribution in [0.25, 0.3) is 0 Å². The summed E-state index contributed by atoms with van der Waals surface area (Å²) in [6, 6.07) is 13.3. The second-order valence-electron chi connectivity index (χ2n) is 19.6. The lowest BCUT2D eigenvalue weighted by Crippen LogP contribution is -2.52. The van der Waals surface area contributed by atoms with Gasteiger partial charge in [0.2, 0.25) is 21.9 Å². The largest absolute Gasteiger partial charge is 0.379 e. The first-order valence-corrected chi connectivity index (χ1v) is 24.5. The van der Waals surface area contributed by atoms with Gasteiger partial charge in [0.05, 0.1) is 28.2 Å². The minimum absolute atomic E-state index is 0.0271. The first-order chi connectivity index (χ1) is 32.1. The number of benzene rings is 3. The van der Waals surface area contributed by atoms with Gasteiger partial charge in [0.25, 0.3) is 11.8 Å². The lowest BCUT2D eigenvalue weighted by atomic mass is 9.88. The molecule has 15 nitrogen and oxygen atoms in total. The van der Waals surface area contributed by atoms with Crippen LogP contribution >= 0.6 is 0 Å². The van der Waals surface area contributed by atoms with E-state index in [-0.39, 0.29) is 40.4 Å². The quantitative estimate of drug-likeness (QED) is 0.0505. The van der Waals surface area contributed by atoms with Gasteiger partial charge >= 0.3 is 0 Å². The highest BCUT2D eigenvalue weighted by molar-refractivity contribution is 7.94. The number of nitrogens with zero attached hydrogens (tertiary/aromatic N) is 4. The standard InChI is InChI=1S/C50H61F2N9O6S/c1-9-50(8,67-27-22-49(6,7)58-39-13-10-12-36-42(39)46(64)61(45(36)63)41-14-11-23-53-44(41)62)21-26-60-24-19-32(20-25-60)35-17-15-33(28-38(35)52)56-47-54-30-31(2)43(57-47)55-34-16-18-37(51)40(29-34)59-68(65,66)48(3,4)5/h1,10,12-13,15-18,28-30,32,41,58-59H,11,14,19-27H2,2-8H3,(H,53,62)(H2,54,55,56,57). The number of carbonyl (C=O) groups is 3. The predicted molar refractivity (Wildman–Crippen MR) is 260 cm³/mol. The number of sulfonamides is 1. The Labute approximate surface area is 397 Å². The van der Waals surface area contributed by atoms with Crippen LogP contribution in [0.3, 0.4) is 0 Å². The van der Waals surface area contributed by atoms with Crippen LogP contribution in [0.2, 0.25) is 0 Å². The van der Waals surface area contributed by atoms with E-state index < -0.39 is 49.6 Å². The van der Waals surface area contributed by atoms with Crippen molar-refractivity contribution in [2.75, 3.05) is 53.5 Å². The molecule has 0 spiro atoms. The number of nitrogens with one attached hydrogen (secondary N) is 5. The normalized spacial score (nSPS) is 18.1. The second kappa shape index (κ2) is 19.8. The van der Waals surface area contributed by atoms with Crippen molar-refractivity contribution < 1.29 is 36.3 Å². The van der Waals surface area contributed by atoms with Crippen LogP contribution in [-0.2, 0) is 19.6 Å². The van der Waals surface area contributed by atoms with Gasteiger partial charge in [0.1, 0.15) is 29.1 Å². The number of hydrogen-bond acceptors (Lipinski definition) is 12. The van der Waals surface area contributed by atoms with Crippen molar-refractivity contribution >= 4 is 62.3 Å². The maximum atomic E-state index is 15.7. The molecule has 2 saturated heterocycles. The van der Waals surface area contributed by atoms with Crippen LogP contribution < -0.4 is 26.0 Å². The van der Waals surface area contributed by atoms with E-state index in [1.807, 2.05) is 20.8 Å². The van der Waals surface area contributed by atoms with Gasteiger partial charge in [-0.05, 0) is 148 Å². The smallest absolute Gasteiger partial charge is 0.264 e. The van der Waals surface area contributed by atoms with Gasteiger partial charge in [-0.1, -0.05) is 18.1 Å². The predicted octanol–water partition coefficient (Wildman–Crippen LogP) is 8.22. The Kier molecular flexibility index (Phi) is 14.5. The number of terminal acetylenes is 1. The van der Waals surface area contributed by atoms with Crippen LogP contribution in [0, 0.1) is 30.9 Å². The number of piperidine rings is 2. The fraction of sp³-hybridized carbons (Fsp3) is 0.460. The third kappa shape index (κ3) is 11.2. The van der Waals surface area contributed by atoms with E-state index in [0.717, 1.165) is 36.9 Å². The van der Waals surface area contributed by atoms with Crippen LogP contribution in [0.15, 0.2) is 60.8 Å². The molecule has 4 heterocycles. The SMILES string of the molecule is C#CC(C)(CCN1CCC(c2ccc(Nc3ncc(C)c(Nc4ccc(F)c(NS(=O)(=O)C(C)(C)C)c4)n3)cc2F)CC1)OCCC(C)(C)Nc1cccc2c1C(=O)N(C1CCCNC1=O)C2=O. The van der Waals surface area contributed by atoms with Gasteiger partial charge in [-0.3, -0.25) is 24.0 Å². The number of ether oxygens (including phenoxy) is 1. The minimum Gasteiger partial charge on any atom is -0.379 e. The Hall–Kier alpha value is -6.16. The molecule has 2 atom stereocenters. The molecule has 4 aromatic rings. The number of aromatic nitrogens is 2. The van der Waals surface area contributed by atoms with Crippen LogP contribution in [0.1, 0.15) is 118 Å². The Balaban J connectivity index is 0.881. The molecule has 0 bridgehead atoms. The van der Waals surface area contributed by atoms with E-state index >= 15 is 4.39 Å². The summed E-state index contributed by atoms with van der Waals surface area (Å²) in [7, 11) is -3.87. The lowest BCUT2D eigenvalue weighted by Gasteiger charge is -2.35. The summed E-state index contributed by atoms with van der Waals surface area (Å²) >= 11 is 0. The van der Waals surface area contributed by atoms with E-state index in [1.165, 1.54) is 39.0 Å². The Morgan fingerprint density at radius 2 is 1.62 bits per heavy atom. The molecule has 0 saturated carbocycles. The number of amides is 3. The molecule has 362 valence electrons. The fourth-order valence-electron chi connectivity index (χ4n) is 8.49. The molecular formula is C50H61F2N9O6S. The maximum absolute atomic E-state index is 15.7. The summed E-state index contributed by atoms with van der Waals surface area (Å²) in [5, 5.41) is 12.4. The summed E-state index contributed by atoms with van der Waals surface area (Å²) in [6.07, 6.45) is 11.4. The maximum Gasteiger partial charge on any atom is 0.264 e.